The average molecular weight is 247 g/mol. The molecule has 0 fully saturated rings. The Balaban J connectivity index is 2.97. The van der Waals surface area contributed by atoms with Crippen molar-refractivity contribution in [2.45, 2.75) is 13.5 Å². The Morgan fingerprint density at radius 2 is 2.38 bits per heavy atom. The Hall–Kier alpha value is -0.680. The minimum absolute atomic E-state index is 0.114. The van der Waals surface area contributed by atoms with Crippen LogP contribution in [0.3, 0.4) is 0 Å². The molecule has 1 aromatic rings. The maximum Gasteiger partial charge on any atom is 0.281 e. The van der Waals surface area contributed by atoms with Gasteiger partial charge in [0.05, 0.1) is 23.8 Å². The van der Waals surface area contributed by atoms with Crippen molar-refractivity contribution in [2.24, 2.45) is 0 Å². The molecule has 0 saturated carbocycles. The van der Waals surface area contributed by atoms with Crippen LogP contribution in [0.5, 0.6) is 0 Å². The topological polar surface area (TPSA) is 44.1 Å². The van der Waals surface area contributed by atoms with E-state index in [9.17, 15) is 4.79 Å². The summed E-state index contributed by atoms with van der Waals surface area (Å²) >= 11 is 3.21. The van der Waals surface area contributed by atoms with Crippen LogP contribution in [0.25, 0.3) is 0 Å². The summed E-state index contributed by atoms with van der Waals surface area (Å²) in [5, 5.41) is 3.97. The molecule has 0 N–H and O–H groups in total. The Kier molecular flexibility index (Phi) is 3.62. The summed E-state index contributed by atoms with van der Waals surface area (Å²) < 4.78 is 6.80. The summed E-state index contributed by atoms with van der Waals surface area (Å²) in [5.74, 6) is 0. The van der Waals surface area contributed by atoms with Gasteiger partial charge in [0.1, 0.15) is 0 Å². The van der Waals surface area contributed by atoms with Crippen molar-refractivity contribution in [1.29, 1.82) is 0 Å². The third-order valence-electron chi connectivity index (χ3n) is 1.67. The number of ether oxygens (including phenoxy) is 1. The van der Waals surface area contributed by atoms with Gasteiger partial charge in [-0.2, -0.15) is 5.10 Å². The lowest BCUT2D eigenvalue weighted by Crippen LogP contribution is -2.25. The van der Waals surface area contributed by atoms with E-state index in [4.69, 9.17) is 4.74 Å². The zero-order chi connectivity index (χ0) is 9.84. The SMILES string of the molecule is COCCn1ncc(C)c(Br)c1=O. The fourth-order valence-electron chi connectivity index (χ4n) is 0.884. The van der Waals surface area contributed by atoms with E-state index < -0.39 is 0 Å². The summed E-state index contributed by atoms with van der Waals surface area (Å²) in [7, 11) is 1.59. The van der Waals surface area contributed by atoms with Gasteiger partial charge in [0.25, 0.3) is 5.56 Å². The maximum atomic E-state index is 11.5. The second-order valence-corrected chi connectivity index (χ2v) is 3.46. The third kappa shape index (κ3) is 2.38. The van der Waals surface area contributed by atoms with Gasteiger partial charge in [-0.1, -0.05) is 0 Å². The van der Waals surface area contributed by atoms with Gasteiger partial charge in [-0.3, -0.25) is 4.79 Å². The number of rotatable bonds is 3. The van der Waals surface area contributed by atoms with E-state index in [2.05, 4.69) is 21.0 Å². The molecule has 1 rings (SSSR count). The van der Waals surface area contributed by atoms with Crippen LogP contribution < -0.4 is 5.56 Å². The monoisotopic (exact) mass is 246 g/mol. The highest BCUT2D eigenvalue weighted by Crippen LogP contribution is 2.07. The second-order valence-electron chi connectivity index (χ2n) is 2.66. The smallest absolute Gasteiger partial charge is 0.281 e. The van der Waals surface area contributed by atoms with Gasteiger partial charge in [0.2, 0.25) is 0 Å². The van der Waals surface area contributed by atoms with Crippen LogP contribution in [0.4, 0.5) is 0 Å². The molecule has 0 bridgehead atoms. The van der Waals surface area contributed by atoms with Gasteiger partial charge in [-0.05, 0) is 28.4 Å². The Morgan fingerprint density at radius 1 is 1.69 bits per heavy atom. The van der Waals surface area contributed by atoms with Crippen LogP contribution in [0.2, 0.25) is 0 Å². The number of hydrogen-bond donors (Lipinski definition) is 0. The highest BCUT2D eigenvalue weighted by atomic mass is 79.9. The minimum Gasteiger partial charge on any atom is -0.383 e. The van der Waals surface area contributed by atoms with Gasteiger partial charge in [-0.25, -0.2) is 4.68 Å². The minimum atomic E-state index is -0.114. The fraction of sp³-hybridized carbons (Fsp3) is 0.500. The van der Waals surface area contributed by atoms with Gasteiger partial charge < -0.3 is 4.74 Å². The van der Waals surface area contributed by atoms with Crippen LogP contribution in [0.15, 0.2) is 15.5 Å². The predicted octanol–water partition coefficient (Wildman–Crippen LogP) is 0.961. The van der Waals surface area contributed by atoms with Crippen molar-refractivity contribution in [2.75, 3.05) is 13.7 Å². The first-order valence-electron chi connectivity index (χ1n) is 3.88. The molecule has 0 aliphatic carbocycles. The van der Waals surface area contributed by atoms with Crippen molar-refractivity contribution in [1.82, 2.24) is 9.78 Å². The second kappa shape index (κ2) is 4.53. The normalized spacial score (nSPS) is 10.4. The molecule has 0 aliphatic rings. The van der Waals surface area contributed by atoms with Crippen molar-refractivity contribution < 1.29 is 4.74 Å². The Labute approximate surface area is 84.7 Å². The molecule has 0 radical (unpaired) electrons. The molecule has 4 nitrogen and oxygen atoms in total. The lowest BCUT2D eigenvalue weighted by molar-refractivity contribution is 0.181. The fourth-order valence-corrected chi connectivity index (χ4v) is 1.19. The molecular formula is C8H11BrN2O2. The molecule has 0 saturated heterocycles. The zero-order valence-corrected chi connectivity index (χ0v) is 9.17. The Morgan fingerprint density at radius 3 is 3.00 bits per heavy atom. The number of aromatic nitrogens is 2. The summed E-state index contributed by atoms with van der Waals surface area (Å²) in [6.45, 7) is 2.80. The zero-order valence-electron chi connectivity index (χ0n) is 7.58. The molecule has 0 aliphatic heterocycles. The summed E-state index contributed by atoms with van der Waals surface area (Å²) in [4.78, 5) is 11.5. The lowest BCUT2D eigenvalue weighted by atomic mass is 10.3. The van der Waals surface area contributed by atoms with Crippen LogP contribution in [0, 0.1) is 6.92 Å². The van der Waals surface area contributed by atoms with E-state index >= 15 is 0 Å². The molecule has 1 heterocycles. The number of nitrogens with zero attached hydrogens (tertiary/aromatic N) is 2. The lowest BCUT2D eigenvalue weighted by Gasteiger charge is -2.04. The molecular weight excluding hydrogens is 236 g/mol. The van der Waals surface area contributed by atoms with Crippen molar-refractivity contribution in [3.05, 3.63) is 26.6 Å². The standard InChI is InChI=1S/C8H11BrN2O2/c1-6-5-10-11(3-4-13-2)8(12)7(6)9/h5H,3-4H2,1-2H3. The van der Waals surface area contributed by atoms with Crippen LogP contribution in [-0.4, -0.2) is 23.5 Å². The molecule has 72 valence electrons. The number of aryl methyl sites for hydroxylation is 1. The van der Waals surface area contributed by atoms with E-state index in [-0.39, 0.29) is 5.56 Å². The van der Waals surface area contributed by atoms with Crippen molar-refractivity contribution in [3.8, 4) is 0 Å². The van der Waals surface area contributed by atoms with E-state index in [0.717, 1.165) is 5.56 Å². The van der Waals surface area contributed by atoms with Crippen LogP contribution in [-0.2, 0) is 11.3 Å². The first-order chi connectivity index (χ1) is 6.16. The quantitative estimate of drug-likeness (QED) is 0.799. The summed E-state index contributed by atoms with van der Waals surface area (Å²) in [5.41, 5.74) is 0.732. The first-order valence-corrected chi connectivity index (χ1v) is 4.67. The molecule has 1 aromatic heterocycles. The van der Waals surface area contributed by atoms with Gasteiger partial charge in [-0.15, -0.1) is 0 Å². The van der Waals surface area contributed by atoms with E-state index in [1.807, 2.05) is 6.92 Å². The molecule has 0 unspecified atom stereocenters. The third-order valence-corrected chi connectivity index (χ3v) is 2.63. The molecule has 0 atom stereocenters. The highest BCUT2D eigenvalue weighted by molar-refractivity contribution is 9.10. The van der Waals surface area contributed by atoms with E-state index in [1.165, 1.54) is 4.68 Å². The van der Waals surface area contributed by atoms with Crippen LogP contribution >= 0.6 is 15.9 Å². The summed E-state index contributed by atoms with van der Waals surface area (Å²) in [6, 6.07) is 0. The maximum absolute atomic E-state index is 11.5. The first kappa shape index (κ1) is 10.4. The molecule has 5 heteroatoms. The molecule has 13 heavy (non-hydrogen) atoms. The van der Waals surface area contributed by atoms with Gasteiger partial charge in [0.15, 0.2) is 0 Å². The van der Waals surface area contributed by atoms with Gasteiger partial charge in [0, 0.05) is 7.11 Å². The summed E-state index contributed by atoms with van der Waals surface area (Å²) in [6.07, 6.45) is 1.65. The van der Waals surface area contributed by atoms with Crippen molar-refractivity contribution in [3.63, 3.8) is 0 Å². The van der Waals surface area contributed by atoms with E-state index in [1.54, 1.807) is 13.3 Å². The van der Waals surface area contributed by atoms with Gasteiger partial charge >= 0.3 is 0 Å². The number of methoxy groups -OCH3 is 1. The van der Waals surface area contributed by atoms with E-state index in [0.29, 0.717) is 17.6 Å². The Bertz CT molecular complexity index is 348. The molecule has 0 spiro atoms. The number of hydrogen-bond acceptors (Lipinski definition) is 3. The molecule has 0 aromatic carbocycles. The molecule has 0 amide bonds. The van der Waals surface area contributed by atoms with Crippen molar-refractivity contribution >= 4 is 15.9 Å². The predicted molar refractivity (Wildman–Crippen MR) is 52.8 cm³/mol. The highest BCUT2D eigenvalue weighted by Gasteiger charge is 2.04. The largest absolute Gasteiger partial charge is 0.383 e. The average Bonchev–Trinajstić information content (AvgIpc) is 2.13. The number of halogens is 1. The van der Waals surface area contributed by atoms with Crippen LogP contribution in [0.1, 0.15) is 5.56 Å².